The summed E-state index contributed by atoms with van der Waals surface area (Å²) in [4.78, 5) is 12.1. The highest BCUT2D eigenvalue weighted by Gasteiger charge is 2.17. The molecule has 0 radical (unpaired) electrons. The Balaban J connectivity index is 0.00000120. The molecule has 0 atom stereocenters. The van der Waals surface area contributed by atoms with Gasteiger partial charge in [-0.05, 0) is 24.3 Å². The van der Waals surface area contributed by atoms with Gasteiger partial charge in [0.05, 0.1) is 11.9 Å². The lowest BCUT2D eigenvalue weighted by atomic mass is 10.1. The van der Waals surface area contributed by atoms with Crippen molar-refractivity contribution < 1.29 is 7.27 Å². The number of rotatable bonds is 3. The van der Waals surface area contributed by atoms with Gasteiger partial charge in [0, 0.05) is 31.1 Å². The lowest BCUT2D eigenvalue weighted by molar-refractivity contribution is 0.582. The highest BCUT2D eigenvalue weighted by Crippen LogP contribution is 2.30. The zero-order chi connectivity index (χ0) is 18.2. The van der Waals surface area contributed by atoms with Gasteiger partial charge in [-0.3, -0.25) is 0 Å². The van der Waals surface area contributed by atoms with Crippen LogP contribution in [0.3, 0.4) is 0 Å². The van der Waals surface area contributed by atoms with Crippen LogP contribution in [0.2, 0.25) is 0 Å². The molecule has 134 valence electrons. The number of nitrogens with one attached hydrogen (secondary N) is 1. The molecular formula is C20H18N6O. The molecule has 3 aromatic heterocycles. The fourth-order valence-electron chi connectivity index (χ4n) is 3.01. The van der Waals surface area contributed by atoms with Crippen LogP contribution in [0.1, 0.15) is 2.85 Å². The fraction of sp³-hybridized carbons (Fsp3) is 0. The molecule has 0 saturated heterocycles. The van der Waals surface area contributed by atoms with Gasteiger partial charge in [0.25, 0.3) is 5.89 Å². The van der Waals surface area contributed by atoms with Crippen LogP contribution in [0.4, 0.5) is 5.82 Å². The van der Waals surface area contributed by atoms with Crippen LogP contribution in [0.25, 0.3) is 45.2 Å². The van der Waals surface area contributed by atoms with Gasteiger partial charge < -0.3 is 15.1 Å². The molecule has 7 nitrogen and oxygen atoms in total. The molecule has 0 aliphatic carbocycles. The molecule has 0 bridgehead atoms. The Labute approximate surface area is 156 Å². The molecule has 3 heterocycles. The third-order valence-corrected chi connectivity index (χ3v) is 4.32. The van der Waals surface area contributed by atoms with Crippen LogP contribution in [0, 0.1) is 0 Å². The van der Waals surface area contributed by atoms with Crippen molar-refractivity contribution >= 4 is 16.7 Å². The molecule has 0 aliphatic heterocycles. The number of nitrogens with zero attached hydrogens (tertiary/aromatic N) is 4. The molecule has 0 unspecified atom stereocenters. The number of aromatic nitrogens is 5. The van der Waals surface area contributed by atoms with Gasteiger partial charge in [0.1, 0.15) is 0 Å². The summed E-state index contributed by atoms with van der Waals surface area (Å²) in [6, 6.07) is 17.5. The van der Waals surface area contributed by atoms with Crippen molar-refractivity contribution in [2.45, 2.75) is 0 Å². The Kier molecular flexibility index (Phi) is 3.43. The first-order valence-electron chi connectivity index (χ1n) is 8.38. The van der Waals surface area contributed by atoms with Crippen molar-refractivity contribution in [1.82, 2.24) is 25.1 Å². The first kappa shape index (κ1) is 15.3. The molecule has 5 aromatic rings. The maximum atomic E-state index is 6.03. The smallest absolute Gasteiger partial charge is 0.270 e. The number of nitrogen functional groups attached to an aromatic ring is 1. The Morgan fingerprint density at radius 3 is 2.67 bits per heavy atom. The van der Waals surface area contributed by atoms with E-state index >= 15 is 0 Å². The molecule has 0 fully saturated rings. The van der Waals surface area contributed by atoms with E-state index in [1.54, 1.807) is 6.20 Å². The Bertz CT molecular complexity index is 1250. The van der Waals surface area contributed by atoms with Gasteiger partial charge in [-0.25, -0.2) is 9.97 Å². The highest BCUT2D eigenvalue weighted by atomic mass is 16.4. The number of hydrogen-bond donors (Lipinski definition) is 2. The molecule has 3 N–H and O–H groups in total. The SMILES string of the molecule is Nc1ncc(-c2cccc3[nH]ccc23)nc1-c1nnc(-c2ccccc2)o1.[HH].[HH]. The average molecular weight is 358 g/mol. The summed E-state index contributed by atoms with van der Waals surface area (Å²) in [5, 5.41) is 9.26. The molecule has 0 spiro atoms. The Hall–Kier alpha value is -4.00. The minimum atomic E-state index is 0. The second-order valence-corrected chi connectivity index (χ2v) is 6.01. The first-order chi connectivity index (χ1) is 13.3. The van der Waals surface area contributed by atoms with E-state index in [4.69, 9.17) is 10.2 Å². The monoisotopic (exact) mass is 358 g/mol. The normalized spacial score (nSPS) is 11.1. The largest absolute Gasteiger partial charge is 0.414 e. The maximum Gasteiger partial charge on any atom is 0.270 e. The summed E-state index contributed by atoms with van der Waals surface area (Å²) >= 11 is 0. The quantitative estimate of drug-likeness (QED) is 0.494. The molecule has 2 aromatic carbocycles. The van der Waals surface area contributed by atoms with E-state index in [2.05, 4.69) is 25.1 Å². The standard InChI is InChI=1S/C20H14N6O.2H2/c21-18-17(20-26-25-19(27-20)12-5-2-1-3-6-12)24-16(11-23-18)13-7-4-8-15-14(13)9-10-22-15;;/h1-11,22H,(H2,21,23);2*1H. The maximum absolute atomic E-state index is 6.03. The van der Waals surface area contributed by atoms with Gasteiger partial charge in [-0.1, -0.05) is 30.3 Å². The number of H-pyrrole nitrogens is 1. The average Bonchev–Trinajstić information content (AvgIpc) is 3.38. The lowest BCUT2D eigenvalue weighted by Crippen LogP contribution is -1.99. The fourth-order valence-corrected chi connectivity index (χ4v) is 3.01. The zero-order valence-corrected chi connectivity index (χ0v) is 14.1. The molecule has 7 heteroatoms. The van der Waals surface area contributed by atoms with E-state index in [9.17, 15) is 0 Å². The number of nitrogens with two attached hydrogens (primary N) is 1. The van der Waals surface area contributed by atoms with E-state index in [1.165, 1.54) is 0 Å². The van der Waals surface area contributed by atoms with E-state index < -0.39 is 0 Å². The van der Waals surface area contributed by atoms with Crippen molar-refractivity contribution in [3.8, 4) is 34.3 Å². The van der Waals surface area contributed by atoms with Crippen molar-refractivity contribution in [1.29, 1.82) is 0 Å². The number of fused-ring (bicyclic) bond motifs is 1. The van der Waals surface area contributed by atoms with Gasteiger partial charge in [-0.2, -0.15) is 0 Å². The highest BCUT2D eigenvalue weighted by molar-refractivity contribution is 5.94. The summed E-state index contributed by atoms with van der Waals surface area (Å²) in [6.45, 7) is 0. The van der Waals surface area contributed by atoms with Gasteiger partial charge >= 0.3 is 0 Å². The van der Waals surface area contributed by atoms with Gasteiger partial charge in [0.15, 0.2) is 11.5 Å². The van der Waals surface area contributed by atoms with Gasteiger partial charge in [-0.15, -0.1) is 10.2 Å². The molecule has 0 aliphatic rings. The second kappa shape index (κ2) is 6.06. The summed E-state index contributed by atoms with van der Waals surface area (Å²) in [7, 11) is 0. The summed E-state index contributed by atoms with van der Waals surface area (Å²) < 4.78 is 5.79. The van der Waals surface area contributed by atoms with Crippen LogP contribution < -0.4 is 5.73 Å². The second-order valence-electron chi connectivity index (χ2n) is 6.01. The van der Waals surface area contributed by atoms with Crippen molar-refractivity contribution in [2.24, 2.45) is 0 Å². The first-order valence-corrected chi connectivity index (χ1v) is 8.38. The summed E-state index contributed by atoms with van der Waals surface area (Å²) in [5.41, 5.74) is 9.89. The minimum Gasteiger partial charge on any atom is -0.414 e. The molecule has 0 amide bonds. The van der Waals surface area contributed by atoms with Gasteiger partial charge in [0.2, 0.25) is 5.89 Å². The number of anilines is 1. The minimum absolute atomic E-state index is 0. The van der Waals surface area contributed by atoms with E-state index in [1.807, 2.05) is 60.8 Å². The third kappa shape index (κ3) is 2.62. The molecule has 27 heavy (non-hydrogen) atoms. The van der Waals surface area contributed by atoms with Crippen LogP contribution in [0.5, 0.6) is 0 Å². The molecular weight excluding hydrogens is 340 g/mol. The summed E-state index contributed by atoms with van der Waals surface area (Å²) in [5.74, 6) is 0.884. The lowest BCUT2D eigenvalue weighted by Gasteiger charge is -2.05. The summed E-state index contributed by atoms with van der Waals surface area (Å²) in [6.07, 6.45) is 3.54. The topological polar surface area (TPSA) is 107 Å². The van der Waals surface area contributed by atoms with Crippen LogP contribution in [-0.2, 0) is 0 Å². The van der Waals surface area contributed by atoms with E-state index in [-0.39, 0.29) is 14.6 Å². The number of benzene rings is 2. The molecule has 5 rings (SSSR count). The van der Waals surface area contributed by atoms with E-state index in [0.717, 1.165) is 22.0 Å². The van der Waals surface area contributed by atoms with Crippen molar-refractivity contribution in [3.63, 3.8) is 0 Å². The van der Waals surface area contributed by atoms with Crippen molar-refractivity contribution in [2.75, 3.05) is 5.73 Å². The van der Waals surface area contributed by atoms with E-state index in [0.29, 0.717) is 17.3 Å². The number of aromatic amines is 1. The van der Waals surface area contributed by atoms with Crippen molar-refractivity contribution in [3.05, 3.63) is 67.0 Å². The zero-order valence-electron chi connectivity index (χ0n) is 14.1. The number of hydrogen-bond acceptors (Lipinski definition) is 6. The third-order valence-electron chi connectivity index (χ3n) is 4.32. The Morgan fingerprint density at radius 2 is 1.78 bits per heavy atom. The predicted octanol–water partition coefficient (Wildman–Crippen LogP) is 4.42. The molecule has 0 saturated carbocycles. The van der Waals surface area contributed by atoms with Crippen LogP contribution >= 0.6 is 0 Å². The van der Waals surface area contributed by atoms with Crippen LogP contribution in [0.15, 0.2) is 71.4 Å². The Morgan fingerprint density at radius 1 is 0.926 bits per heavy atom. The predicted molar refractivity (Wildman–Crippen MR) is 107 cm³/mol. The van der Waals surface area contributed by atoms with Crippen LogP contribution in [-0.4, -0.2) is 25.1 Å².